The Morgan fingerprint density at radius 2 is 2.02 bits per heavy atom. The molecule has 228 valence electrons. The lowest BCUT2D eigenvalue weighted by molar-refractivity contribution is -0.211. The Balaban J connectivity index is 1.55. The first-order valence-electron chi connectivity index (χ1n) is 14.0. The number of nitrogens with zero attached hydrogens (tertiary/aromatic N) is 5. The van der Waals surface area contributed by atoms with Gasteiger partial charge in [-0.3, -0.25) is 4.79 Å². The van der Waals surface area contributed by atoms with E-state index in [9.17, 15) is 29.8 Å². The minimum absolute atomic E-state index is 0.310. The zero-order chi connectivity index (χ0) is 30.8. The molecule has 0 bridgehead atoms. The van der Waals surface area contributed by atoms with E-state index in [0.29, 0.717) is 45.4 Å². The molecule has 0 radical (unpaired) electrons. The van der Waals surface area contributed by atoms with E-state index in [1.54, 1.807) is 37.3 Å². The highest BCUT2D eigenvalue weighted by Gasteiger charge is 2.52. The van der Waals surface area contributed by atoms with Crippen LogP contribution in [0.2, 0.25) is 0 Å². The molecule has 1 aliphatic heterocycles. The highest BCUT2D eigenvalue weighted by Crippen LogP contribution is 2.37. The molecule has 3 N–H and O–H groups in total. The number of amides is 1. The van der Waals surface area contributed by atoms with Crippen LogP contribution in [0.1, 0.15) is 42.9 Å². The van der Waals surface area contributed by atoms with Crippen LogP contribution in [0.25, 0.3) is 11.3 Å². The SMILES string of the molecule is COC1C(C(=O)N(c2cc(Br)cc(C#N)c2)[C@H]2CCCC[C@@H]2O)OC(CO)C(O)C1n1cc(-c2ccc(C)c(F)c2)nn1. The maximum Gasteiger partial charge on any atom is 0.259 e. The highest BCUT2D eigenvalue weighted by molar-refractivity contribution is 9.10. The van der Waals surface area contributed by atoms with Gasteiger partial charge in [0, 0.05) is 22.8 Å². The molecule has 2 fully saturated rings. The summed E-state index contributed by atoms with van der Waals surface area (Å²) in [4.78, 5) is 16.0. The van der Waals surface area contributed by atoms with E-state index in [2.05, 4.69) is 32.3 Å². The molecular weight excluding hydrogens is 625 g/mol. The normalized spacial score (nSPS) is 27.4. The average Bonchev–Trinajstić information content (AvgIpc) is 3.48. The predicted octanol–water partition coefficient (Wildman–Crippen LogP) is 3.04. The minimum atomic E-state index is -1.35. The van der Waals surface area contributed by atoms with Crippen molar-refractivity contribution in [1.29, 1.82) is 5.26 Å². The molecule has 0 spiro atoms. The summed E-state index contributed by atoms with van der Waals surface area (Å²) in [7, 11) is 1.37. The molecule has 5 unspecified atom stereocenters. The van der Waals surface area contributed by atoms with Crippen LogP contribution in [-0.2, 0) is 14.3 Å². The number of carbonyl (C=O) groups is 1. The number of aliphatic hydroxyl groups is 3. The fraction of sp³-hybridized carbons (Fsp3) is 0.467. The Morgan fingerprint density at radius 1 is 1.26 bits per heavy atom. The number of methoxy groups -OCH3 is 1. The zero-order valence-corrected chi connectivity index (χ0v) is 25.3. The second kappa shape index (κ2) is 13.2. The maximum atomic E-state index is 14.5. The Morgan fingerprint density at radius 3 is 2.70 bits per heavy atom. The fourth-order valence-corrected chi connectivity index (χ4v) is 6.44. The van der Waals surface area contributed by atoms with Gasteiger partial charge in [0.05, 0.1) is 36.6 Å². The molecule has 7 atom stereocenters. The summed E-state index contributed by atoms with van der Waals surface area (Å²) in [6, 6.07) is 9.97. The summed E-state index contributed by atoms with van der Waals surface area (Å²) >= 11 is 3.41. The highest BCUT2D eigenvalue weighted by atomic mass is 79.9. The van der Waals surface area contributed by atoms with Crippen molar-refractivity contribution in [3.63, 3.8) is 0 Å². The minimum Gasteiger partial charge on any atom is -0.394 e. The molecule has 1 aromatic heterocycles. The number of rotatable bonds is 7. The maximum absolute atomic E-state index is 14.5. The summed E-state index contributed by atoms with van der Waals surface area (Å²) in [5.41, 5.74) is 1.97. The molecule has 11 nitrogen and oxygen atoms in total. The molecule has 1 amide bonds. The van der Waals surface area contributed by atoms with E-state index < -0.39 is 60.9 Å². The number of aliphatic hydroxyl groups excluding tert-OH is 3. The van der Waals surface area contributed by atoms with Crippen molar-refractivity contribution in [3.8, 4) is 17.3 Å². The molecular formula is C30H33BrFN5O6. The lowest BCUT2D eigenvalue weighted by Crippen LogP contribution is -2.63. The van der Waals surface area contributed by atoms with Crippen LogP contribution in [0.5, 0.6) is 0 Å². The topological polar surface area (TPSA) is 154 Å². The van der Waals surface area contributed by atoms with Gasteiger partial charge in [-0.15, -0.1) is 5.10 Å². The second-order valence-corrected chi connectivity index (χ2v) is 11.9. The van der Waals surface area contributed by atoms with Crippen molar-refractivity contribution >= 4 is 27.5 Å². The number of aromatic nitrogens is 3. The quantitative estimate of drug-likeness (QED) is 0.348. The van der Waals surface area contributed by atoms with Crippen LogP contribution < -0.4 is 4.90 Å². The number of carbonyl (C=O) groups excluding carboxylic acids is 1. The van der Waals surface area contributed by atoms with Gasteiger partial charge in [-0.2, -0.15) is 5.26 Å². The van der Waals surface area contributed by atoms with Crippen LogP contribution in [0.3, 0.4) is 0 Å². The van der Waals surface area contributed by atoms with E-state index in [0.717, 1.165) is 12.8 Å². The number of halogens is 2. The molecule has 43 heavy (non-hydrogen) atoms. The van der Waals surface area contributed by atoms with Gasteiger partial charge in [-0.25, -0.2) is 9.07 Å². The molecule has 1 saturated carbocycles. The monoisotopic (exact) mass is 657 g/mol. The Bertz CT molecular complexity index is 1510. The van der Waals surface area contributed by atoms with Gasteiger partial charge in [0.25, 0.3) is 5.91 Å². The molecule has 3 aromatic rings. The third-order valence-electron chi connectivity index (χ3n) is 8.22. The molecule has 1 aliphatic carbocycles. The predicted molar refractivity (Wildman–Crippen MR) is 156 cm³/mol. The summed E-state index contributed by atoms with van der Waals surface area (Å²) in [5, 5.41) is 50.4. The van der Waals surface area contributed by atoms with E-state index >= 15 is 0 Å². The number of aryl methyl sites for hydroxylation is 1. The Kier molecular flexibility index (Phi) is 9.55. The first-order valence-corrected chi connectivity index (χ1v) is 14.8. The van der Waals surface area contributed by atoms with Gasteiger partial charge in [0.15, 0.2) is 6.10 Å². The van der Waals surface area contributed by atoms with Crippen molar-refractivity contribution in [2.45, 2.75) is 75.2 Å². The van der Waals surface area contributed by atoms with Crippen LogP contribution in [0.15, 0.2) is 47.1 Å². The van der Waals surface area contributed by atoms with Gasteiger partial charge in [0.2, 0.25) is 0 Å². The van der Waals surface area contributed by atoms with Gasteiger partial charge in [-0.1, -0.05) is 46.1 Å². The van der Waals surface area contributed by atoms with Crippen molar-refractivity contribution in [3.05, 3.63) is 64.0 Å². The van der Waals surface area contributed by atoms with E-state index in [1.807, 2.05) is 0 Å². The van der Waals surface area contributed by atoms with E-state index in [-0.39, 0.29) is 0 Å². The molecule has 2 aliphatic rings. The van der Waals surface area contributed by atoms with Crippen LogP contribution in [-0.4, -0.2) is 86.5 Å². The van der Waals surface area contributed by atoms with Crippen LogP contribution >= 0.6 is 15.9 Å². The molecule has 13 heteroatoms. The third kappa shape index (κ3) is 6.22. The number of nitriles is 1. The van der Waals surface area contributed by atoms with Crippen LogP contribution in [0, 0.1) is 24.1 Å². The summed E-state index contributed by atoms with van der Waals surface area (Å²) in [6.07, 6.45) is -1.71. The van der Waals surface area contributed by atoms with Crippen molar-refractivity contribution in [2.24, 2.45) is 0 Å². The van der Waals surface area contributed by atoms with Gasteiger partial charge in [-0.05, 0) is 49.6 Å². The summed E-state index contributed by atoms with van der Waals surface area (Å²) in [5.74, 6) is -0.980. The number of benzene rings is 2. The summed E-state index contributed by atoms with van der Waals surface area (Å²) < 4.78 is 28.0. The lowest BCUT2D eigenvalue weighted by atomic mass is 9.88. The molecule has 2 aromatic carbocycles. The first-order chi connectivity index (χ1) is 20.7. The summed E-state index contributed by atoms with van der Waals surface area (Å²) in [6.45, 7) is 1.04. The molecule has 2 heterocycles. The number of anilines is 1. The largest absolute Gasteiger partial charge is 0.394 e. The second-order valence-electron chi connectivity index (χ2n) is 10.9. The average molecular weight is 659 g/mol. The van der Waals surface area contributed by atoms with Gasteiger partial charge in [0.1, 0.15) is 35.9 Å². The molecule has 5 rings (SSSR count). The number of hydrogen-bond acceptors (Lipinski definition) is 9. The smallest absolute Gasteiger partial charge is 0.259 e. The zero-order valence-electron chi connectivity index (χ0n) is 23.7. The fourth-order valence-electron chi connectivity index (χ4n) is 5.96. The van der Waals surface area contributed by atoms with E-state index in [4.69, 9.17) is 9.47 Å². The van der Waals surface area contributed by atoms with Crippen LogP contribution in [0.4, 0.5) is 10.1 Å². The van der Waals surface area contributed by atoms with Gasteiger partial charge < -0.3 is 29.7 Å². The number of hydrogen-bond donors (Lipinski definition) is 3. The van der Waals surface area contributed by atoms with E-state index in [1.165, 1.54) is 29.0 Å². The molecule has 1 saturated heterocycles. The first kappa shape index (κ1) is 31.2. The standard InChI is InChI=1S/C30H33BrFN5O6/c1-16-7-8-18(11-21(16)32)22-14-36(35-34-22)26-27(40)25(15-38)43-29(28(26)42-2)30(41)37(23-5-3-4-6-24(23)39)20-10-17(13-33)9-19(31)12-20/h7-12,14,23-29,38-40H,3-6,15H2,1-2H3/t23-,24-,25?,26?,27?,28?,29?/m0/s1. The Labute approximate surface area is 256 Å². The van der Waals surface area contributed by atoms with Crippen molar-refractivity contribution < 1.29 is 34.0 Å². The number of ether oxygens (including phenoxy) is 2. The van der Waals surface area contributed by atoms with Crippen molar-refractivity contribution in [2.75, 3.05) is 18.6 Å². The third-order valence-corrected chi connectivity index (χ3v) is 8.68. The van der Waals surface area contributed by atoms with Gasteiger partial charge >= 0.3 is 0 Å². The Hall–Kier alpha value is -3.25. The van der Waals surface area contributed by atoms with Crippen molar-refractivity contribution in [1.82, 2.24) is 15.0 Å². The lowest BCUT2D eigenvalue weighted by Gasteiger charge is -2.46.